The molecule has 0 unspecified atom stereocenters. The Morgan fingerprint density at radius 3 is 2.65 bits per heavy atom. The normalized spacial score (nSPS) is 27.3. The number of amides is 1. The van der Waals surface area contributed by atoms with Crippen LogP contribution >= 0.6 is 12.2 Å². The number of benzene rings is 1. The molecule has 2 bridgehead atoms. The van der Waals surface area contributed by atoms with E-state index in [9.17, 15) is 4.79 Å². The van der Waals surface area contributed by atoms with Gasteiger partial charge in [-0.05, 0) is 61.4 Å². The summed E-state index contributed by atoms with van der Waals surface area (Å²) in [6.45, 7) is 0.898. The number of hydrogen-bond donors (Lipinski definition) is 2. The topological polar surface area (TPSA) is 41.1 Å². The summed E-state index contributed by atoms with van der Waals surface area (Å²) in [5.41, 5.74) is 0.636. The van der Waals surface area contributed by atoms with Gasteiger partial charge in [-0.3, -0.25) is 10.1 Å². The molecule has 4 heteroatoms. The third-order valence-corrected chi connectivity index (χ3v) is 4.92. The van der Waals surface area contributed by atoms with Gasteiger partial charge in [-0.2, -0.15) is 0 Å². The monoisotopic (exact) mass is 288 g/mol. The Labute approximate surface area is 125 Å². The number of rotatable bonds is 3. The van der Waals surface area contributed by atoms with Crippen LogP contribution in [0.4, 0.5) is 0 Å². The smallest absolute Gasteiger partial charge is 0.257 e. The Balaban J connectivity index is 1.45. The van der Waals surface area contributed by atoms with E-state index >= 15 is 0 Å². The van der Waals surface area contributed by atoms with Crippen molar-refractivity contribution in [3.63, 3.8) is 0 Å². The standard InChI is InChI=1S/C16H20N2OS/c19-15(12-4-2-1-3-5-12)18-16(20)17-10-14-9-11-6-7-13(14)8-11/h1-5,11,13-14H,6-10H2,(H2,17,18,19,20)/t11-,13-,14-/m0/s1. The fourth-order valence-electron chi connectivity index (χ4n) is 3.66. The van der Waals surface area contributed by atoms with Gasteiger partial charge < -0.3 is 5.32 Å². The molecule has 3 atom stereocenters. The largest absolute Gasteiger partial charge is 0.362 e. The lowest BCUT2D eigenvalue weighted by molar-refractivity contribution is 0.0976. The molecule has 0 aromatic heterocycles. The minimum atomic E-state index is -0.143. The maximum absolute atomic E-state index is 11.9. The average molecular weight is 288 g/mol. The first-order chi connectivity index (χ1) is 9.72. The van der Waals surface area contributed by atoms with Crippen molar-refractivity contribution in [2.24, 2.45) is 17.8 Å². The van der Waals surface area contributed by atoms with Crippen molar-refractivity contribution in [1.29, 1.82) is 0 Å². The molecule has 2 saturated carbocycles. The summed E-state index contributed by atoms with van der Waals surface area (Å²) in [4.78, 5) is 11.9. The predicted molar refractivity (Wildman–Crippen MR) is 83.4 cm³/mol. The number of thiocarbonyl (C=S) groups is 1. The lowest BCUT2D eigenvalue weighted by Crippen LogP contribution is -2.41. The van der Waals surface area contributed by atoms with Gasteiger partial charge in [-0.25, -0.2) is 0 Å². The van der Waals surface area contributed by atoms with Gasteiger partial charge in [-0.1, -0.05) is 24.6 Å². The lowest BCUT2D eigenvalue weighted by atomic mass is 9.89. The highest BCUT2D eigenvalue weighted by molar-refractivity contribution is 7.80. The van der Waals surface area contributed by atoms with E-state index in [1.54, 1.807) is 12.1 Å². The number of fused-ring (bicyclic) bond motifs is 2. The summed E-state index contributed by atoms with van der Waals surface area (Å²) in [6.07, 6.45) is 5.51. The van der Waals surface area contributed by atoms with Gasteiger partial charge in [0.2, 0.25) is 0 Å². The zero-order valence-electron chi connectivity index (χ0n) is 11.5. The fraction of sp³-hybridized carbons (Fsp3) is 0.500. The molecule has 1 aromatic carbocycles. The summed E-state index contributed by atoms with van der Waals surface area (Å²) in [5, 5.41) is 6.40. The zero-order valence-corrected chi connectivity index (χ0v) is 12.3. The zero-order chi connectivity index (χ0) is 13.9. The summed E-state index contributed by atoms with van der Waals surface area (Å²) < 4.78 is 0. The van der Waals surface area contributed by atoms with Gasteiger partial charge in [-0.15, -0.1) is 0 Å². The highest BCUT2D eigenvalue weighted by Gasteiger charge is 2.39. The molecule has 1 aromatic rings. The molecule has 106 valence electrons. The molecule has 0 spiro atoms. The van der Waals surface area contributed by atoms with E-state index in [1.807, 2.05) is 18.2 Å². The lowest BCUT2D eigenvalue weighted by Gasteiger charge is -2.22. The molecule has 2 N–H and O–H groups in total. The highest BCUT2D eigenvalue weighted by atomic mass is 32.1. The fourth-order valence-corrected chi connectivity index (χ4v) is 3.84. The number of hydrogen-bond acceptors (Lipinski definition) is 2. The Morgan fingerprint density at radius 2 is 2.00 bits per heavy atom. The van der Waals surface area contributed by atoms with Crippen LogP contribution in [0.1, 0.15) is 36.0 Å². The molecule has 0 radical (unpaired) electrons. The van der Waals surface area contributed by atoms with Crippen LogP contribution in [0.25, 0.3) is 0 Å². The van der Waals surface area contributed by atoms with Crippen LogP contribution in [0, 0.1) is 17.8 Å². The molecule has 20 heavy (non-hydrogen) atoms. The molecular weight excluding hydrogens is 268 g/mol. The Morgan fingerprint density at radius 1 is 1.20 bits per heavy atom. The maximum Gasteiger partial charge on any atom is 0.257 e. The molecule has 0 heterocycles. The van der Waals surface area contributed by atoms with Gasteiger partial charge >= 0.3 is 0 Å². The first-order valence-corrected chi connectivity index (χ1v) is 7.77. The van der Waals surface area contributed by atoms with Gasteiger partial charge in [0.1, 0.15) is 0 Å². The minimum Gasteiger partial charge on any atom is -0.362 e. The SMILES string of the molecule is O=C(NC(=S)NC[C@@H]1C[C@H]2CC[C@H]1C2)c1ccccc1. The Bertz CT molecular complexity index is 502. The Kier molecular flexibility index (Phi) is 4.01. The van der Waals surface area contributed by atoms with Gasteiger partial charge in [0.25, 0.3) is 5.91 Å². The first-order valence-electron chi connectivity index (χ1n) is 7.36. The van der Waals surface area contributed by atoms with E-state index in [0.29, 0.717) is 10.7 Å². The molecule has 0 saturated heterocycles. The van der Waals surface area contributed by atoms with E-state index in [1.165, 1.54) is 25.7 Å². The van der Waals surface area contributed by atoms with E-state index < -0.39 is 0 Å². The average Bonchev–Trinajstić information content (AvgIpc) is 3.08. The summed E-state index contributed by atoms with van der Waals surface area (Å²) in [5.74, 6) is 2.41. The summed E-state index contributed by atoms with van der Waals surface area (Å²) in [7, 11) is 0. The highest BCUT2D eigenvalue weighted by Crippen LogP contribution is 2.47. The van der Waals surface area contributed by atoms with Gasteiger partial charge in [0, 0.05) is 12.1 Å². The second-order valence-corrected chi connectivity index (χ2v) is 6.37. The first kappa shape index (κ1) is 13.6. The van der Waals surface area contributed by atoms with Crippen molar-refractivity contribution in [2.75, 3.05) is 6.54 Å². The molecule has 3 nitrogen and oxygen atoms in total. The van der Waals surface area contributed by atoms with Crippen LogP contribution in [-0.2, 0) is 0 Å². The van der Waals surface area contributed by atoms with Crippen LogP contribution in [0.5, 0.6) is 0 Å². The summed E-state index contributed by atoms with van der Waals surface area (Å²) in [6, 6.07) is 9.16. The molecule has 0 aliphatic heterocycles. The van der Waals surface area contributed by atoms with Crippen molar-refractivity contribution in [2.45, 2.75) is 25.7 Å². The Hall–Kier alpha value is -1.42. The molecule has 2 fully saturated rings. The predicted octanol–water partition coefficient (Wildman–Crippen LogP) is 2.73. The third kappa shape index (κ3) is 3.01. The van der Waals surface area contributed by atoms with E-state index in [-0.39, 0.29) is 5.91 Å². The van der Waals surface area contributed by atoms with E-state index in [0.717, 1.165) is 24.3 Å². The number of carbonyl (C=O) groups is 1. The van der Waals surface area contributed by atoms with Crippen molar-refractivity contribution >= 4 is 23.2 Å². The van der Waals surface area contributed by atoms with Gasteiger partial charge in [0.05, 0.1) is 0 Å². The third-order valence-electron chi connectivity index (χ3n) is 4.67. The van der Waals surface area contributed by atoms with Crippen LogP contribution in [0.3, 0.4) is 0 Å². The van der Waals surface area contributed by atoms with E-state index in [2.05, 4.69) is 10.6 Å². The van der Waals surface area contributed by atoms with Crippen LogP contribution < -0.4 is 10.6 Å². The van der Waals surface area contributed by atoms with Crippen molar-refractivity contribution in [1.82, 2.24) is 10.6 Å². The molecular formula is C16H20N2OS. The summed E-state index contributed by atoms with van der Waals surface area (Å²) >= 11 is 5.21. The van der Waals surface area contributed by atoms with Crippen molar-refractivity contribution in [3.05, 3.63) is 35.9 Å². The maximum atomic E-state index is 11.9. The van der Waals surface area contributed by atoms with Crippen LogP contribution in [-0.4, -0.2) is 17.6 Å². The van der Waals surface area contributed by atoms with Crippen LogP contribution in [0.15, 0.2) is 30.3 Å². The van der Waals surface area contributed by atoms with Crippen molar-refractivity contribution in [3.8, 4) is 0 Å². The minimum absolute atomic E-state index is 0.143. The van der Waals surface area contributed by atoms with Gasteiger partial charge in [0.15, 0.2) is 5.11 Å². The second-order valence-electron chi connectivity index (χ2n) is 5.97. The molecule has 3 rings (SSSR count). The van der Waals surface area contributed by atoms with Crippen molar-refractivity contribution < 1.29 is 4.79 Å². The molecule has 2 aliphatic carbocycles. The molecule has 1 amide bonds. The van der Waals surface area contributed by atoms with Crippen LogP contribution in [0.2, 0.25) is 0 Å². The quantitative estimate of drug-likeness (QED) is 0.840. The second kappa shape index (κ2) is 5.92. The molecule has 2 aliphatic rings. The number of nitrogens with one attached hydrogen (secondary N) is 2. The van der Waals surface area contributed by atoms with E-state index in [4.69, 9.17) is 12.2 Å². The number of carbonyl (C=O) groups excluding carboxylic acids is 1.